The van der Waals surface area contributed by atoms with Gasteiger partial charge in [-0.25, -0.2) is 0 Å². The van der Waals surface area contributed by atoms with E-state index in [9.17, 15) is 0 Å². The van der Waals surface area contributed by atoms with E-state index in [2.05, 4.69) is 36.9 Å². The first kappa shape index (κ1) is 14.8. The van der Waals surface area contributed by atoms with Gasteiger partial charge in [0.1, 0.15) is 0 Å². The summed E-state index contributed by atoms with van der Waals surface area (Å²) in [5, 5.41) is 4.72. The summed E-state index contributed by atoms with van der Waals surface area (Å²) in [4.78, 5) is 2.89. The van der Waals surface area contributed by atoms with Crippen molar-refractivity contribution in [2.75, 3.05) is 0 Å². The molecule has 3 rings (SSSR count). The number of nitrogens with two attached hydrogens (primary N) is 1. The highest BCUT2D eigenvalue weighted by atomic mass is 32.1. The average Bonchev–Trinajstić information content (AvgIpc) is 3.15. The summed E-state index contributed by atoms with van der Waals surface area (Å²) in [5.41, 5.74) is 9.05. The van der Waals surface area contributed by atoms with E-state index >= 15 is 0 Å². The molecule has 0 saturated carbocycles. The van der Waals surface area contributed by atoms with Gasteiger partial charge in [0, 0.05) is 28.4 Å². The second kappa shape index (κ2) is 6.32. The minimum atomic E-state index is 0.0886. The van der Waals surface area contributed by atoms with Crippen molar-refractivity contribution >= 4 is 11.3 Å². The molecule has 0 bridgehead atoms. The Morgan fingerprint density at radius 1 is 1.33 bits per heavy atom. The zero-order valence-electron chi connectivity index (χ0n) is 13.0. The molecular formula is C17H25N3S. The van der Waals surface area contributed by atoms with Gasteiger partial charge < -0.3 is 5.73 Å². The maximum atomic E-state index is 6.40. The summed E-state index contributed by atoms with van der Waals surface area (Å²) in [7, 11) is 0. The first-order chi connectivity index (χ1) is 10.2. The van der Waals surface area contributed by atoms with E-state index in [-0.39, 0.29) is 6.04 Å². The lowest BCUT2D eigenvalue weighted by atomic mass is 10.1. The Labute approximate surface area is 131 Å². The molecule has 0 saturated heterocycles. The lowest BCUT2D eigenvalue weighted by Gasteiger charge is -2.13. The van der Waals surface area contributed by atoms with Crippen LogP contribution in [0.15, 0.2) is 18.3 Å². The first-order valence-electron chi connectivity index (χ1n) is 8.12. The van der Waals surface area contributed by atoms with Crippen LogP contribution in [0.3, 0.4) is 0 Å². The maximum Gasteiger partial charge on any atom is 0.0643 e. The van der Waals surface area contributed by atoms with Crippen molar-refractivity contribution in [2.45, 2.75) is 64.5 Å². The third kappa shape index (κ3) is 3.06. The van der Waals surface area contributed by atoms with Crippen LogP contribution in [-0.4, -0.2) is 9.78 Å². The number of aryl methyl sites for hydroxylation is 2. The molecule has 2 N–H and O–H groups in total. The maximum absolute atomic E-state index is 6.40. The van der Waals surface area contributed by atoms with Crippen LogP contribution in [-0.2, 0) is 19.3 Å². The fourth-order valence-corrected chi connectivity index (χ4v) is 4.47. The molecule has 0 amide bonds. The van der Waals surface area contributed by atoms with Gasteiger partial charge in [-0.1, -0.05) is 13.8 Å². The predicted molar refractivity (Wildman–Crippen MR) is 88.8 cm³/mol. The molecule has 114 valence electrons. The van der Waals surface area contributed by atoms with Crippen LogP contribution in [0.1, 0.15) is 66.2 Å². The fraction of sp³-hybridized carbons (Fsp3) is 0.588. The molecule has 2 aromatic rings. The lowest BCUT2D eigenvalue weighted by Crippen LogP contribution is -2.13. The molecule has 3 nitrogen and oxygen atoms in total. The van der Waals surface area contributed by atoms with Crippen LogP contribution in [0.4, 0.5) is 0 Å². The number of rotatable bonds is 6. The largest absolute Gasteiger partial charge is 0.323 e. The van der Waals surface area contributed by atoms with Crippen molar-refractivity contribution in [3.63, 3.8) is 0 Å². The quantitative estimate of drug-likeness (QED) is 0.875. The monoisotopic (exact) mass is 303 g/mol. The first-order valence-corrected chi connectivity index (χ1v) is 8.94. The molecule has 0 aromatic carbocycles. The fourth-order valence-electron chi connectivity index (χ4n) is 3.21. The number of nitrogens with zero attached hydrogens (tertiary/aromatic N) is 2. The number of fused-ring (bicyclic) bond motifs is 1. The van der Waals surface area contributed by atoms with Crippen LogP contribution in [0, 0.1) is 0 Å². The third-order valence-electron chi connectivity index (χ3n) is 4.54. The van der Waals surface area contributed by atoms with E-state index in [1.54, 1.807) is 4.88 Å². The average molecular weight is 303 g/mol. The Kier molecular flexibility index (Phi) is 4.45. The summed E-state index contributed by atoms with van der Waals surface area (Å²) in [6.07, 6.45) is 9.00. The normalized spacial score (nSPS) is 15.6. The lowest BCUT2D eigenvalue weighted by molar-refractivity contribution is 0.424. The van der Waals surface area contributed by atoms with Gasteiger partial charge in [-0.15, -0.1) is 11.3 Å². The van der Waals surface area contributed by atoms with Crippen molar-refractivity contribution < 1.29 is 0 Å². The van der Waals surface area contributed by atoms with Gasteiger partial charge in [0.2, 0.25) is 0 Å². The molecule has 0 aliphatic heterocycles. The Morgan fingerprint density at radius 2 is 2.14 bits per heavy atom. The van der Waals surface area contributed by atoms with Crippen molar-refractivity contribution in [1.29, 1.82) is 0 Å². The number of hydrogen-bond acceptors (Lipinski definition) is 3. The zero-order chi connectivity index (χ0) is 14.8. The molecule has 0 spiro atoms. The minimum Gasteiger partial charge on any atom is -0.323 e. The van der Waals surface area contributed by atoms with Gasteiger partial charge in [0.25, 0.3) is 0 Å². The zero-order valence-corrected chi connectivity index (χ0v) is 13.8. The van der Waals surface area contributed by atoms with Gasteiger partial charge in [-0.3, -0.25) is 4.68 Å². The van der Waals surface area contributed by atoms with E-state index in [1.807, 2.05) is 11.3 Å². The summed E-state index contributed by atoms with van der Waals surface area (Å²) in [6.45, 7) is 4.43. The molecule has 1 unspecified atom stereocenters. The van der Waals surface area contributed by atoms with Crippen molar-refractivity contribution in [3.8, 4) is 0 Å². The van der Waals surface area contributed by atoms with Gasteiger partial charge in [-0.05, 0) is 49.8 Å². The second-order valence-electron chi connectivity index (χ2n) is 6.02. The SMILES string of the molecule is CCC(CC)n1ccc(CC(N)c2cc3c(s2)CCC3)n1. The van der Waals surface area contributed by atoms with E-state index in [0.29, 0.717) is 6.04 Å². The molecule has 1 atom stereocenters. The molecule has 4 heteroatoms. The predicted octanol–water partition coefficient (Wildman–Crippen LogP) is 4.04. The topological polar surface area (TPSA) is 43.8 Å². The minimum absolute atomic E-state index is 0.0886. The van der Waals surface area contributed by atoms with E-state index in [1.165, 1.54) is 29.7 Å². The van der Waals surface area contributed by atoms with Crippen molar-refractivity contribution in [2.24, 2.45) is 5.73 Å². The van der Waals surface area contributed by atoms with Crippen LogP contribution in [0.5, 0.6) is 0 Å². The second-order valence-corrected chi connectivity index (χ2v) is 7.19. The van der Waals surface area contributed by atoms with Crippen LogP contribution in [0.2, 0.25) is 0 Å². The standard InChI is InChI=1S/C17H25N3S/c1-3-14(4-2)20-9-8-13(19-20)11-15(18)17-10-12-6-5-7-16(12)21-17/h8-10,14-15H,3-7,11,18H2,1-2H3. The molecule has 21 heavy (non-hydrogen) atoms. The Hall–Kier alpha value is -1.13. The van der Waals surface area contributed by atoms with Gasteiger partial charge in [0.15, 0.2) is 0 Å². The molecule has 2 heterocycles. The van der Waals surface area contributed by atoms with Crippen LogP contribution < -0.4 is 5.73 Å². The number of hydrogen-bond donors (Lipinski definition) is 1. The van der Waals surface area contributed by atoms with Crippen molar-refractivity contribution in [3.05, 3.63) is 39.3 Å². The van der Waals surface area contributed by atoms with Crippen LogP contribution >= 0.6 is 11.3 Å². The summed E-state index contributed by atoms with van der Waals surface area (Å²) >= 11 is 1.91. The molecule has 1 aliphatic rings. The smallest absolute Gasteiger partial charge is 0.0643 e. The highest BCUT2D eigenvalue weighted by Gasteiger charge is 2.19. The number of aromatic nitrogens is 2. The molecular weight excluding hydrogens is 278 g/mol. The summed E-state index contributed by atoms with van der Waals surface area (Å²) in [5.74, 6) is 0. The van der Waals surface area contributed by atoms with Gasteiger partial charge in [0.05, 0.1) is 11.7 Å². The molecule has 2 aromatic heterocycles. The Balaban J connectivity index is 1.68. The Bertz CT molecular complexity index is 573. The van der Waals surface area contributed by atoms with Gasteiger partial charge >= 0.3 is 0 Å². The van der Waals surface area contributed by atoms with E-state index in [0.717, 1.165) is 25.0 Å². The Morgan fingerprint density at radius 3 is 2.86 bits per heavy atom. The number of thiophene rings is 1. The molecule has 0 radical (unpaired) electrons. The highest BCUT2D eigenvalue weighted by Crippen LogP contribution is 2.33. The van der Waals surface area contributed by atoms with Crippen LogP contribution in [0.25, 0.3) is 0 Å². The van der Waals surface area contributed by atoms with E-state index in [4.69, 9.17) is 10.8 Å². The molecule has 1 aliphatic carbocycles. The molecule has 0 fully saturated rings. The van der Waals surface area contributed by atoms with E-state index < -0.39 is 0 Å². The summed E-state index contributed by atoms with van der Waals surface area (Å²) in [6, 6.07) is 5.06. The summed E-state index contributed by atoms with van der Waals surface area (Å²) < 4.78 is 2.11. The van der Waals surface area contributed by atoms with Crippen molar-refractivity contribution in [1.82, 2.24) is 9.78 Å². The van der Waals surface area contributed by atoms with Gasteiger partial charge in [-0.2, -0.15) is 5.10 Å². The highest BCUT2D eigenvalue weighted by molar-refractivity contribution is 7.12. The third-order valence-corrected chi connectivity index (χ3v) is 5.91.